The molecule has 5 nitrogen and oxygen atoms in total. The van der Waals surface area contributed by atoms with Crippen molar-refractivity contribution in [1.29, 1.82) is 0 Å². The van der Waals surface area contributed by atoms with E-state index in [9.17, 15) is 13.5 Å². The summed E-state index contributed by atoms with van der Waals surface area (Å²) in [7, 11) is -1.88. The summed E-state index contributed by atoms with van der Waals surface area (Å²) < 4.78 is 25.6. The lowest BCUT2D eigenvalue weighted by Gasteiger charge is -2.32. The molecule has 0 bridgehead atoms. The van der Waals surface area contributed by atoms with Gasteiger partial charge < -0.3 is 10.8 Å². The summed E-state index contributed by atoms with van der Waals surface area (Å²) in [5.41, 5.74) is 5.49. The molecule has 0 unspecified atom stereocenters. The molecule has 3 N–H and O–H groups in total. The highest BCUT2D eigenvalue weighted by Gasteiger charge is 2.31. The van der Waals surface area contributed by atoms with E-state index in [4.69, 9.17) is 5.73 Å². The molecule has 0 fully saturated rings. The number of nitrogens with zero attached hydrogens (tertiary/aromatic N) is 1. The van der Waals surface area contributed by atoms with Crippen LogP contribution >= 0.6 is 11.8 Å². The number of benzene rings is 1. The Morgan fingerprint density at radius 3 is 2.35 bits per heavy atom. The van der Waals surface area contributed by atoms with Crippen LogP contribution in [0.15, 0.2) is 29.2 Å². The van der Waals surface area contributed by atoms with Crippen molar-refractivity contribution < 1.29 is 13.5 Å². The molecule has 0 aliphatic rings. The molecule has 1 aromatic carbocycles. The fourth-order valence-electron chi connectivity index (χ4n) is 1.44. The van der Waals surface area contributed by atoms with Crippen LogP contribution in [-0.4, -0.2) is 48.5 Å². The number of aliphatic hydroxyl groups excluding tert-OH is 1. The van der Waals surface area contributed by atoms with E-state index in [1.165, 1.54) is 23.1 Å². The first-order valence-electron chi connectivity index (χ1n) is 6.25. The first-order chi connectivity index (χ1) is 9.19. The van der Waals surface area contributed by atoms with Gasteiger partial charge in [0, 0.05) is 23.4 Å². The van der Waals surface area contributed by atoms with Crippen LogP contribution in [0.2, 0.25) is 0 Å². The molecule has 0 amide bonds. The van der Waals surface area contributed by atoms with Gasteiger partial charge in [-0.1, -0.05) is 0 Å². The van der Waals surface area contributed by atoms with Gasteiger partial charge in [0.1, 0.15) is 0 Å². The van der Waals surface area contributed by atoms with Gasteiger partial charge in [0.2, 0.25) is 10.0 Å². The lowest BCUT2D eigenvalue weighted by Crippen LogP contribution is -2.48. The van der Waals surface area contributed by atoms with Crippen molar-refractivity contribution in [3.8, 4) is 0 Å². The number of aliphatic hydroxyl groups is 1. The van der Waals surface area contributed by atoms with Crippen LogP contribution in [0.3, 0.4) is 0 Å². The van der Waals surface area contributed by atoms with Gasteiger partial charge in [-0.3, -0.25) is 0 Å². The van der Waals surface area contributed by atoms with E-state index >= 15 is 0 Å². The van der Waals surface area contributed by atoms with E-state index in [-0.39, 0.29) is 12.4 Å². The van der Waals surface area contributed by atoms with Crippen molar-refractivity contribution in [3.63, 3.8) is 0 Å². The number of anilines is 1. The van der Waals surface area contributed by atoms with E-state index < -0.39 is 15.6 Å². The lowest BCUT2D eigenvalue weighted by molar-refractivity contribution is 0.138. The molecular weight excluding hydrogens is 296 g/mol. The van der Waals surface area contributed by atoms with Crippen molar-refractivity contribution in [3.05, 3.63) is 24.3 Å². The molecule has 7 heteroatoms. The highest BCUT2D eigenvalue weighted by Crippen LogP contribution is 2.21. The third-order valence-electron chi connectivity index (χ3n) is 3.15. The minimum Gasteiger partial charge on any atom is -0.399 e. The van der Waals surface area contributed by atoms with Crippen LogP contribution in [0.4, 0.5) is 5.69 Å². The molecule has 1 aromatic rings. The Bertz CT molecular complexity index is 527. The predicted octanol–water partition coefficient (Wildman–Crippen LogP) is 1.39. The minimum atomic E-state index is -3.38. The van der Waals surface area contributed by atoms with Crippen LogP contribution in [0.5, 0.6) is 0 Å². The smallest absolute Gasteiger partial charge is 0.215 e. The summed E-state index contributed by atoms with van der Waals surface area (Å²) in [6.45, 7) is 3.17. The Morgan fingerprint density at radius 2 is 1.85 bits per heavy atom. The summed E-state index contributed by atoms with van der Waals surface area (Å²) in [5.74, 6) is 0.486. The Kier molecular flexibility index (Phi) is 5.88. The Hall–Kier alpha value is -0.760. The normalized spacial score (nSPS) is 12.8. The van der Waals surface area contributed by atoms with Gasteiger partial charge in [0.25, 0.3) is 0 Å². The standard InChI is InChI=1S/C13H22N2O3S2/c1-13(2,10-16)15(3)20(17,18)9-8-19-12-6-4-11(14)5-7-12/h4-7,16H,8-10,14H2,1-3H3. The molecule has 0 saturated heterocycles. The maximum atomic E-state index is 12.2. The predicted molar refractivity (Wildman–Crippen MR) is 84.3 cm³/mol. The number of rotatable bonds is 7. The fraction of sp³-hybridized carbons (Fsp3) is 0.538. The summed E-state index contributed by atoms with van der Waals surface area (Å²) in [6, 6.07) is 7.32. The maximum Gasteiger partial charge on any atom is 0.215 e. The fourth-order valence-corrected chi connectivity index (χ4v) is 4.27. The third kappa shape index (κ3) is 4.66. The third-order valence-corrected chi connectivity index (χ3v) is 6.47. The monoisotopic (exact) mass is 318 g/mol. The first kappa shape index (κ1) is 17.3. The first-order valence-corrected chi connectivity index (χ1v) is 8.84. The highest BCUT2D eigenvalue weighted by molar-refractivity contribution is 8.00. The summed E-state index contributed by atoms with van der Waals surface area (Å²) in [4.78, 5) is 0.985. The second-order valence-corrected chi connectivity index (χ2v) is 8.46. The van der Waals surface area contributed by atoms with Crippen molar-refractivity contribution in [2.24, 2.45) is 0 Å². The molecule has 0 saturated carbocycles. The van der Waals surface area contributed by atoms with E-state index in [0.717, 1.165) is 4.90 Å². The molecule has 114 valence electrons. The number of nitrogens with two attached hydrogens (primary N) is 1. The maximum absolute atomic E-state index is 12.2. The molecule has 20 heavy (non-hydrogen) atoms. The summed E-state index contributed by atoms with van der Waals surface area (Å²) >= 11 is 1.47. The largest absolute Gasteiger partial charge is 0.399 e. The average Bonchev–Trinajstić information content (AvgIpc) is 2.40. The van der Waals surface area contributed by atoms with Gasteiger partial charge >= 0.3 is 0 Å². The SMILES string of the molecule is CN(C(C)(C)CO)S(=O)(=O)CCSc1ccc(N)cc1. The van der Waals surface area contributed by atoms with Gasteiger partial charge in [0.15, 0.2) is 0 Å². The van der Waals surface area contributed by atoms with Gasteiger partial charge in [-0.2, -0.15) is 4.31 Å². The van der Waals surface area contributed by atoms with Crippen LogP contribution in [0.1, 0.15) is 13.8 Å². The number of sulfonamides is 1. The number of likely N-dealkylation sites (N-methyl/N-ethyl adjacent to an activating group) is 1. The van der Waals surface area contributed by atoms with E-state index in [2.05, 4.69) is 0 Å². The van der Waals surface area contributed by atoms with Crippen molar-refractivity contribution in [2.75, 3.05) is 30.9 Å². The Labute approximate surface area is 125 Å². The van der Waals surface area contributed by atoms with Gasteiger partial charge in [0.05, 0.1) is 17.9 Å². The van der Waals surface area contributed by atoms with E-state index in [1.807, 2.05) is 12.1 Å². The zero-order valence-electron chi connectivity index (χ0n) is 12.0. The Morgan fingerprint density at radius 1 is 1.30 bits per heavy atom. The topological polar surface area (TPSA) is 83.6 Å². The van der Waals surface area contributed by atoms with Crippen molar-refractivity contribution >= 4 is 27.5 Å². The van der Waals surface area contributed by atoms with Gasteiger partial charge in [-0.25, -0.2) is 8.42 Å². The van der Waals surface area contributed by atoms with Gasteiger partial charge in [-0.05, 0) is 38.1 Å². The van der Waals surface area contributed by atoms with E-state index in [1.54, 1.807) is 26.0 Å². The average molecular weight is 318 g/mol. The van der Waals surface area contributed by atoms with Gasteiger partial charge in [-0.15, -0.1) is 11.8 Å². The molecule has 0 aromatic heterocycles. The molecule has 0 aliphatic heterocycles. The zero-order valence-corrected chi connectivity index (χ0v) is 13.7. The zero-order chi connectivity index (χ0) is 15.4. The summed E-state index contributed by atoms with van der Waals surface area (Å²) in [6.07, 6.45) is 0. The van der Waals surface area contributed by atoms with Crippen LogP contribution in [-0.2, 0) is 10.0 Å². The number of thioether (sulfide) groups is 1. The summed E-state index contributed by atoms with van der Waals surface area (Å²) in [5, 5.41) is 9.23. The molecule has 0 radical (unpaired) electrons. The second-order valence-electron chi connectivity index (χ2n) is 5.17. The molecule has 0 aliphatic carbocycles. The molecule has 0 atom stereocenters. The second kappa shape index (κ2) is 6.80. The van der Waals surface area contributed by atoms with Crippen molar-refractivity contribution in [1.82, 2.24) is 4.31 Å². The molecule has 0 spiro atoms. The number of nitrogen functional groups attached to an aromatic ring is 1. The lowest BCUT2D eigenvalue weighted by atomic mass is 10.1. The van der Waals surface area contributed by atoms with Crippen molar-refractivity contribution in [2.45, 2.75) is 24.3 Å². The number of hydrogen-bond acceptors (Lipinski definition) is 5. The van der Waals surface area contributed by atoms with Crippen LogP contribution in [0, 0.1) is 0 Å². The quantitative estimate of drug-likeness (QED) is 0.586. The minimum absolute atomic E-state index is 0.0297. The molecular formula is C13H22N2O3S2. The number of hydrogen-bond donors (Lipinski definition) is 2. The Balaban J connectivity index is 2.58. The molecule has 1 rings (SSSR count). The van der Waals surface area contributed by atoms with Crippen LogP contribution < -0.4 is 5.73 Å². The van der Waals surface area contributed by atoms with Crippen LogP contribution in [0.25, 0.3) is 0 Å². The highest BCUT2D eigenvalue weighted by atomic mass is 32.2. The molecule has 0 heterocycles. The van der Waals surface area contributed by atoms with E-state index in [0.29, 0.717) is 11.4 Å².